The molecule has 1 aliphatic carbocycles. The molecule has 0 radical (unpaired) electrons. The minimum absolute atomic E-state index is 0.0137. The zero-order valence-electron chi connectivity index (χ0n) is 15.6. The minimum atomic E-state index is -0.288. The normalized spacial score (nSPS) is 15.4. The lowest BCUT2D eigenvalue weighted by atomic mass is 10.2. The van der Waals surface area contributed by atoms with Gasteiger partial charge in [0.1, 0.15) is 0 Å². The van der Waals surface area contributed by atoms with Crippen molar-refractivity contribution in [3.63, 3.8) is 0 Å². The summed E-state index contributed by atoms with van der Waals surface area (Å²) in [5, 5.41) is 3.97. The van der Waals surface area contributed by atoms with Gasteiger partial charge in [0.25, 0.3) is 5.56 Å². The van der Waals surface area contributed by atoms with Crippen LogP contribution in [0.5, 0.6) is 0 Å². The lowest BCUT2D eigenvalue weighted by Gasteiger charge is -2.17. The third-order valence-corrected chi connectivity index (χ3v) is 5.48. The van der Waals surface area contributed by atoms with Gasteiger partial charge in [-0.25, -0.2) is 4.98 Å². The molecule has 3 rings (SSSR count). The van der Waals surface area contributed by atoms with Crippen molar-refractivity contribution in [2.45, 2.75) is 49.2 Å². The van der Waals surface area contributed by atoms with Gasteiger partial charge in [-0.2, -0.15) is 0 Å². The van der Waals surface area contributed by atoms with E-state index in [2.05, 4.69) is 15.2 Å². The highest BCUT2D eigenvalue weighted by molar-refractivity contribution is 8.00. The summed E-state index contributed by atoms with van der Waals surface area (Å²) in [4.78, 5) is 32.0. The van der Waals surface area contributed by atoms with Crippen molar-refractivity contribution in [3.8, 4) is 0 Å². The maximum Gasteiger partial charge on any atom is 0.262 e. The van der Waals surface area contributed by atoms with Crippen LogP contribution in [-0.2, 0) is 11.3 Å². The van der Waals surface area contributed by atoms with Crippen molar-refractivity contribution in [1.29, 1.82) is 0 Å². The fraction of sp³-hybridized carbons (Fsp3) is 0.526. The number of amides is 1. The number of hydrogen-bond acceptors (Lipinski definition) is 5. The highest BCUT2D eigenvalue weighted by Gasteiger charge is 2.27. The predicted octanol–water partition coefficient (Wildman–Crippen LogP) is 2.11. The molecule has 0 unspecified atom stereocenters. The van der Waals surface area contributed by atoms with Crippen LogP contribution in [0.15, 0.2) is 34.2 Å². The summed E-state index contributed by atoms with van der Waals surface area (Å²) >= 11 is 1.36. The van der Waals surface area contributed by atoms with Gasteiger partial charge in [0.15, 0.2) is 5.16 Å². The van der Waals surface area contributed by atoms with Crippen molar-refractivity contribution in [2.24, 2.45) is 0 Å². The van der Waals surface area contributed by atoms with Gasteiger partial charge in [-0.1, -0.05) is 23.9 Å². The van der Waals surface area contributed by atoms with Crippen LogP contribution in [0.2, 0.25) is 0 Å². The molecule has 1 atom stereocenters. The molecule has 0 bridgehead atoms. The maximum absolute atomic E-state index is 13.0. The van der Waals surface area contributed by atoms with Gasteiger partial charge < -0.3 is 10.2 Å². The van der Waals surface area contributed by atoms with E-state index in [1.165, 1.54) is 11.8 Å². The van der Waals surface area contributed by atoms with Gasteiger partial charge in [-0.3, -0.25) is 14.2 Å². The van der Waals surface area contributed by atoms with E-state index in [1.54, 1.807) is 4.57 Å². The van der Waals surface area contributed by atoms with Gasteiger partial charge in [0.2, 0.25) is 5.91 Å². The van der Waals surface area contributed by atoms with Crippen LogP contribution >= 0.6 is 11.8 Å². The summed E-state index contributed by atoms with van der Waals surface area (Å²) in [7, 11) is 4.03. The molecule has 0 spiro atoms. The first kappa shape index (κ1) is 18.9. The van der Waals surface area contributed by atoms with Crippen LogP contribution in [0.1, 0.15) is 26.2 Å². The van der Waals surface area contributed by atoms with E-state index in [9.17, 15) is 9.59 Å². The van der Waals surface area contributed by atoms with Crippen LogP contribution < -0.4 is 10.9 Å². The molecule has 6 nitrogen and oxygen atoms in total. The highest BCUT2D eigenvalue weighted by Crippen LogP contribution is 2.25. The average Bonchev–Trinajstić information content (AvgIpc) is 3.41. The Hall–Kier alpha value is -1.86. The number of thioether (sulfide) groups is 1. The molecule has 140 valence electrons. The highest BCUT2D eigenvalue weighted by atomic mass is 32.2. The van der Waals surface area contributed by atoms with E-state index < -0.39 is 0 Å². The smallest absolute Gasteiger partial charge is 0.262 e. The van der Waals surface area contributed by atoms with E-state index in [1.807, 2.05) is 45.3 Å². The molecule has 1 aromatic carbocycles. The van der Waals surface area contributed by atoms with E-state index in [4.69, 9.17) is 0 Å². The molecule has 1 heterocycles. The van der Waals surface area contributed by atoms with Crippen molar-refractivity contribution < 1.29 is 4.79 Å². The van der Waals surface area contributed by atoms with Crippen LogP contribution in [0, 0.1) is 0 Å². The Kier molecular flexibility index (Phi) is 5.98. The Morgan fingerprint density at radius 3 is 2.81 bits per heavy atom. The molecular weight excluding hydrogens is 348 g/mol. The van der Waals surface area contributed by atoms with Gasteiger partial charge in [-0.05, 0) is 59.0 Å². The molecule has 0 saturated heterocycles. The Morgan fingerprint density at radius 2 is 2.12 bits per heavy atom. The maximum atomic E-state index is 13.0. The van der Waals surface area contributed by atoms with Crippen molar-refractivity contribution >= 4 is 28.6 Å². The van der Waals surface area contributed by atoms with Gasteiger partial charge >= 0.3 is 0 Å². The van der Waals surface area contributed by atoms with Gasteiger partial charge in [0, 0.05) is 12.6 Å². The summed E-state index contributed by atoms with van der Waals surface area (Å²) in [5.74, 6) is 0.0137. The number of aromatic nitrogens is 2. The molecule has 0 aliphatic heterocycles. The molecule has 7 heteroatoms. The third kappa shape index (κ3) is 4.65. The molecule has 2 aromatic rings. The number of carbonyl (C=O) groups is 1. The van der Waals surface area contributed by atoms with Crippen LogP contribution in [0.25, 0.3) is 10.9 Å². The standard InChI is InChI=1S/C19H26N4O2S/c1-13(17(24)20-14-9-10-14)26-19-21-16-8-5-4-7-15(16)18(25)23(19)12-6-11-22(2)3/h4-5,7-8,13-14H,6,9-12H2,1-3H3,(H,20,24)/t13-/m1/s1. The molecular formula is C19H26N4O2S. The first-order valence-electron chi connectivity index (χ1n) is 9.07. The molecule has 1 aromatic heterocycles. The lowest BCUT2D eigenvalue weighted by Crippen LogP contribution is -2.33. The number of nitrogens with one attached hydrogen (secondary N) is 1. The summed E-state index contributed by atoms with van der Waals surface area (Å²) in [6.07, 6.45) is 2.97. The Morgan fingerprint density at radius 1 is 1.38 bits per heavy atom. The molecule has 1 N–H and O–H groups in total. The Balaban J connectivity index is 1.87. The third-order valence-electron chi connectivity index (χ3n) is 4.39. The first-order chi connectivity index (χ1) is 12.5. The number of fused-ring (bicyclic) bond motifs is 1. The summed E-state index contributed by atoms with van der Waals surface area (Å²) in [6, 6.07) is 7.72. The van der Waals surface area contributed by atoms with Crippen molar-refractivity contribution in [2.75, 3.05) is 20.6 Å². The largest absolute Gasteiger partial charge is 0.352 e. The molecule has 1 aliphatic rings. The second-order valence-electron chi connectivity index (χ2n) is 7.07. The topological polar surface area (TPSA) is 67.2 Å². The van der Waals surface area contributed by atoms with Crippen molar-refractivity contribution in [3.05, 3.63) is 34.6 Å². The number of para-hydroxylation sites is 1. The fourth-order valence-electron chi connectivity index (χ4n) is 2.74. The Bertz CT molecular complexity index is 845. The second kappa shape index (κ2) is 8.22. The first-order valence-corrected chi connectivity index (χ1v) is 9.95. The number of carbonyl (C=O) groups excluding carboxylic acids is 1. The zero-order chi connectivity index (χ0) is 18.7. The summed E-state index contributed by atoms with van der Waals surface area (Å²) < 4.78 is 1.72. The summed E-state index contributed by atoms with van der Waals surface area (Å²) in [6.45, 7) is 3.35. The molecule has 1 saturated carbocycles. The van der Waals surface area contributed by atoms with E-state index in [0.29, 0.717) is 28.6 Å². The summed E-state index contributed by atoms with van der Waals surface area (Å²) in [5.41, 5.74) is 0.644. The second-order valence-corrected chi connectivity index (χ2v) is 8.38. The predicted molar refractivity (Wildman–Crippen MR) is 106 cm³/mol. The molecule has 1 fully saturated rings. The lowest BCUT2D eigenvalue weighted by molar-refractivity contribution is -0.120. The van der Waals surface area contributed by atoms with Gasteiger partial charge in [0.05, 0.1) is 16.2 Å². The van der Waals surface area contributed by atoms with Crippen LogP contribution in [-0.4, -0.2) is 52.3 Å². The van der Waals surface area contributed by atoms with E-state index in [-0.39, 0.29) is 16.7 Å². The zero-order valence-corrected chi connectivity index (χ0v) is 16.4. The quantitative estimate of drug-likeness (QED) is 0.566. The number of nitrogens with zero attached hydrogens (tertiary/aromatic N) is 3. The molecule has 26 heavy (non-hydrogen) atoms. The molecule has 1 amide bonds. The number of benzene rings is 1. The number of rotatable bonds is 8. The minimum Gasteiger partial charge on any atom is -0.352 e. The van der Waals surface area contributed by atoms with Crippen LogP contribution in [0.3, 0.4) is 0 Å². The Labute approximate surface area is 158 Å². The number of hydrogen-bond donors (Lipinski definition) is 1. The van der Waals surface area contributed by atoms with Gasteiger partial charge in [-0.15, -0.1) is 0 Å². The fourth-order valence-corrected chi connectivity index (χ4v) is 3.68. The van der Waals surface area contributed by atoms with E-state index in [0.717, 1.165) is 25.8 Å². The monoisotopic (exact) mass is 374 g/mol. The van der Waals surface area contributed by atoms with Crippen molar-refractivity contribution in [1.82, 2.24) is 19.8 Å². The average molecular weight is 375 g/mol. The van der Waals surface area contributed by atoms with E-state index >= 15 is 0 Å². The SMILES string of the molecule is C[C@@H](Sc1nc2ccccc2c(=O)n1CCCN(C)C)C(=O)NC1CC1. The van der Waals surface area contributed by atoms with Crippen LogP contribution in [0.4, 0.5) is 0 Å².